The highest BCUT2D eigenvalue weighted by atomic mass is 79.9. The van der Waals surface area contributed by atoms with Crippen LogP contribution in [-0.4, -0.2) is 36.9 Å². The first-order chi connectivity index (χ1) is 13.4. The summed E-state index contributed by atoms with van der Waals surface area (Å²) in [4.78, 5) is 36.9. The minimum atomic E-state index is -0.462. The number of amides is 2. The fourth-order valence-electron chi connectivity index (χ4n) is 2.44. The van der Waals surface area contributed by atoms with Gasteiger partial charge in [-0.15, -0.1) is 0 Å². The Morgan fingerprint density at radius 3 is 2.68 bits per heavy atom. The zero-order valence-corrected chi connectivity index (χ0v) is 16.6. The maximum absolute atomic E-state index is 12.2. The number of nitrogens with zero attached hydrogens (tertiary/aromatic N) is 1. The summed E-state index contributed by atoms with van der Waals surface area (Å²) in [5.74, 6) is -0.298. The molecule has 3 aromatic rings. The Bertz CT molecular complexity index is 1080. The number of carbonyl (C=O) groups excluding carboxylic acids is 2. The van der Waals surface area contributed by atoms with Crippen molar-refractivity contribution in [2.75, 3.05) is 25.5 Å². The molecule has 144 valence electrons. The summed E-state index contributed by atoms with van der Waals surface area (Å²) in [5, 5.41) is 3.48. The Hall–Kier alpha value is -3.13. The Kier molecular flexibility index (Phi) is 6.10. The zero-order valence-electron chi connectivity index (χ0n) is 15.0. The lowest BCUT2D eigenvalue weighted by molar-refractivity contribution is -0.135. The van der Waals surface area contributed by atoms with Crippen molar-refractivity contribution >= 4 is 44.4 Å². The predicted molar refractivity (Wildman–Crippen MR) is 108 cm³/mol. The van der Waals surface area contributed by atoms with Crippen LogP contribution in [0, 0.1) is 0 Å². The number of carbonyl (C=O) groups is 2. The summed E-state index contributed by atoms with van der Waals surface area (Å²) in [7, 11) is 1.52. The maximum atomic E-state index is 12.2. The van der Waals surface area contributed by atoms with Gasteiger partial charge in [-0.3, -0.25) is 9.59 Å². The van der Waals surface area contributed by atoms with Gasteiger partial charge < -0.3 is 19.4 Å². The number of rotatable bonds is 6. The van der Waals surface area contributed by atoms with Crippen LogP contribution in [0.1, 0.15) is 0 Å². The molecular weight excluding hydrogens is 428 g/mol. The number of likely N-dealkylation sites (N-methyl/N-ethyl adjacent to an activating group) is 1. The molecule has 0 radical (unpaired) electrons. The standard InChI is InChI=1S/C20H17BrN2O5/c1-23(11-18(24)22-16-5-3-2-4-15(16)21)19(25)12-27-14-8-6-13-7-9-20(26)28-17(13)10-14/h2-10H,11-12H2,1H3,(H,22,24). The van der Waals surface area contributed by atoms with E-state index in [0.717, 1.165) is 9.86 Å². The van der Waals surface area contributed by atoms with E-state index >= 15 is 0 Å². The van der Waals surface area contributed by atoms with Gasteiger partial charge in [-0.2, -0.15) is 0 Å². The molecule has 0 fully saturated rings. The summed E-state index contributed by atoms with van der Waals surface area (Å²) >= 11 is 3.35. The second-order valence-electron chi connectivity index (χ2n) is 6.02. The first-order valence-corrected chi connectivity index (χ1v) is 9.17. The molecule has 0 unspecified atom stereocenters. The third-order valence-corrected chi connectivity index (χ3v) is 4.60. The van der Waals surface area contributed by atoms with Crippen LogP contribution in [0.25, 0.3) is 11.0 Å². The van der Waals surface area contributed by atoms with Crippen molar-refractivity contribution in [1.29, 1.82) is 0 Å². The second kappa shape index (κ2) is 8.71. The predicted octanol–water partition coefficient (Wildman–Crippen LogP) is 3.03. The van der Waals surface area contributed by atoms with Gasteiger partial charge in [-0.05, 0) is 46.3 Å². The van der Waals surface area contributed by atoms with E-state index in [0.29, 0.717) is 17.0 Å². The van der Waals surface area contributed by atoms with Gasteiger partial charge in [0.1, 0.15) is 11.3 Å². The molecule has 0 aliphatic rings. The maximum Gasteiger partial charge on any atom is 0.336 e. The minimum Gasteiger partial charge on any atom is -0.484 e. The van der Waals surface area contributed by atoms with E-state index in [4.69, 9.17) is 9.15 Å². The topological polar surface area (TPSA) is 88.9 Å². The van der Waals surface area contributed by atoms with Crippen molar-refractivity contribution in [3.05, 3.63) is 69.5 Å². The van der Waals surface area contributed by atoms with Gasteiger partial charge in [0.2, 0.25) is 5.91 Å². The fourth-order valence-corrected chi connectivity index (χ4v) is 2.83. The van der Waals surface area contributed by atoms with Crippen molar-refractivity contribution in [1.82, 2.24) is 4.90 Å². The van der Waals surface area contributed by atoms with Gasteiger partial charge in [0.25, 0.3) is 5.91 Å². The highest BCUT2D eigenvalue weighted by molar-refractivity contribution is 9.10. The molecule has 7 nitrogen and oxygen atoms in total. The largest absolute Gasteiger partial charge is 0.484 e. The van der Waals surface area contributed by atoms with Crippen molar-refractivity contribution in [2.45, 2.75) is 0 Å². The first kappa shape index (κ1) is 19.6. The van der Waals surface area contributed by atoms with Gasteiger partial charge in [0.15, 0.2) is 6.61 Å². The molecule has 1 aromatic heterocycles. The van der Waals surface area contributed by atoms with Crippen LogP contribution in [0.2, 0.25) is 0 Å². The number of ether oxygens (including phenoxy) is 1. The number of para-hydroxylation sites is 1. The van der Waals surface area contributed by atoms with Gasteiger partial charge in [-0.25, -0.2) is 4.79 Å². The van der Waals surface area contributed by atoms with Crippen LogP contribution in [0.15, 0.2) is 68.3 Å². The SMILES string of the molecule is CN(CC(=O)Nc1ccccc1Br)C(=O)COc1ccc2ccc(=O)oc2c1. The molecule has 0 saturated carbocycles. The van der Waals surface area contributed by atoms with Crippen molar-refractivity contribution in [3.63, 3.8) is 0 Å². The molecule has 0 saturated heterocycles. The summed E-state index contributed by atoms with van der Waals surface area (Å²) in [5.41, 5.74) is 0.539. The molecule has 28 heavy (non-hydrogen) atoms. The molecule has 8 heteroatoms. The van der Waals surface area contributed by atoms with Crippen LogP contribution in [0.4, 0.5) is 5.69 Å². The molecule has 0 atom stereocenters. The zero-order chi connectivity index (χ0) is 20.1. The van der Waals surface area contributed by atoms with E-state index in [1.54, 1.807) is 36.4 Å². The van der Waals surface area contributed by atoms with Gasteiger partial charge in [-0.1, -0.05) is 12.1 Å². The minimum absolute atomic E-state index is 0.115. The van der Waals surface area contributed by atoms with E-state index < -0.39 is 5.63 Å². The van der Waals surface area contributed by atoms with Crippen molar-refractivity contribution in [3.8, 4) is 5.75 Å². The van der Waals surface area contributed by atoms with Crippen LogP contribution >= 0.6 is 15.9 Å². The van der Waals surface area contributed by atoms with Gasteiger partial charge in [0.05, 0.1) is 12.2 Å². The Morgan fingerprint density at radius 1 is 1.14 bits per heavy atom. The third-order valence-electron chi connectivity index (χ3n) is 3.91. The highest BCUT2D eigenvalue weighted by Crippen LogP contribution is 2.21. The quantitative estimate of drug-likeness (QED) is 0.590. The monoisotopic (exact) mass is 444 g/mol. The average molecular weight is 445 g/mol. The van der Waals surface area contributed by atoms with Crippen LogP contribution < -0.4 is 15.7 Å². The van der Waals surface area contributed by atoms with Crippen LogP contribution in [-0.2, 0) is 9.59 Å². The summed E-state index contributed by atoms with van der Waals surface area (Å²) < 4.78 is 11.3. The van der Waals surface area contributed by atoms with Crippen molar-refractivity contribution < 1.29 is 18.7 Å². The molecule has 1 heterocycles. The molecular formula is C20H17BrN2O5. The number of nitrogens with one attached hydrogen (secondary N) is 1. The number of halogens is 1. The van der Waals surface area contributed by atoms with E-state index in [1.165, 1.54) is 18.0 Å². The summed E-state index contributed by atoms with van der Waals surface area (Å²) in [6.45, 7) is -0.364. The van der Waals surface area contributed by atoms with Gasteiger partial charge in [0, 0.05) is 29.0 Å². The fraction of sp³-hybridized carbons (Fsp3) is 0.150. The van der Waals surface area contributed by atoms with E-state index in [-0.39, 0.29) is 25.0 Å². The number of benzene rings is 2. The number of hydrogen-bond donors (Lipinski definition) is 1. The first-order valence-electron chi connectivity index (χ1n) is 8.37. The van der Waals surface area contributed by atoms with E-state index in [9.17, 15) is 14.4 Å². The molecule has 0 aliphatic heterocycles. The Balaban J connectivity index is 1.54. The summed E-state index contributed by atoms with van der Waals surface area (Å²) in [6.07, 6.45) is 0. The molecule has 0 aliphatic carbocycles. The van der Waals surface area contributed by atoms with Crippen molar-refractivity contribution in [2.24, 2.45) is 0 Å². The van der Waals surface area contributed by atoms with Crippen LogP contribution in [0.3, 0.4) is 0 Å². The lowest BCUT2D eigenvalue weighted by Crippen LogP contribution is -2.37. The number of hydrogen-bond acceptors (Lipinski definition) is 5. The molecule has 1 N–H and O–H groups in total. The Labute approximate surface area is 169 Å². The van der Waals surface area contributed by atoms with E-state index in [2.05, 4.69) is 21.2 Å². The Morgan fingerprint density at radius 2 is 1.89 bits per heavy atom. The number of fused-ring (bicyclic) bond motifs is 1. The smallest absolute Gasteiger partial charge is 0.336 e. The molecule has 3 rings (SSSR count). The molecule has 2 aromatic carbocycles. The third kappa shape index (κ3) is 4.98. The lowest BCUT2D eigenvalue weighted by Gasteiger charge is -2.17. The highest BCUT2D eigenvalue weighted by Gasteiger charge is 2.14. The molecule has 0 bridgehead atoms. The second-order valence-corrected chi connectivity index (χ2v) is 6.87. The lowest BCUT2D eigenvalue weighted by atomic mass is 10.2. The molecule has 0 spiro atoms. The van der Waals surface area contributed by atoms with Crippen LogP contribution in [0.5, 0.6) is 5.75 Å². The van der Waals surface area contributed by atoms with E-state index in [1.807, 2.05) is 12.1 Å². The average Bonchev–Trinajstić information content (AvgIpc) is 2.67. The summed E-state index contributed by atoms with van der Waals surface area (Å²) in [6, 6.07) is 15.1. The molecule has 2 amide bonds. The van der Waals surface area contributed by atoms with Gasteiger partial charge >= 0.3 is 5.63 Å². The number of anilines is 1. The normalized spacial score (nSPS) is 10.5.